The Morgan fingerprint density at radius 1 is 1.16 bits per heavy atom. The topological polar surface area (TPSA) is 51.2 Å². The van der Waals surface area contributed by atoms with Crippen molar-refractivity contribution in [3.8, 4) is 5.75 Å². The lowest BCUT2D eigenvalue weighted by molar-refractivity contribution is -0.117. The zero-order valence-electron chi connectivity index (χ0n) is 19.1. The number of allylic oxidation sites excluding steroid dienone is 3. The van der Waals surface area contributed by atoms with Gasteiger partial charge in [-0.25, -0.2) is 0 Å². The number of hydrogen-bond donors (Lipinski definition) is 1. The minimum Gasteiger partial charge on any atom is -0.497 e. The number of aromatic nitrogens is 1. The van der Waals surface area contributed by atoms with E-state index in [2.05, 4.69) is 48.4 Å². The van der Waals surface area contributed by atoms with E-state index in [-0.39, 0.29) is 11.9 Å². The van der Waals surface area contributed by atoms with Crippen molar-refractivity contribution in [2.24, 2.45) is 0 Å². The average Bonchev–Trinajstić information content (AvgIpc) is 2.79. The smallest absolute Gasteiger partial charge is 0.244 e. The summed E-state index contributed by atoms with van der Waals surface area (Å²) in [7, 11) is 1.67. The van der Waals surface area contributed by atoms with E-state index in [4.69, 9.17) is 4.74 Å². The number of rotatable bonds is 13. The molecule has 0 aliphatic carbocycles. The summed E-state index contributed by atoms with van der Waals surface area (Å²) in [4.78, 5) is 16.4. The summed E-state index contributed by atoms with van der Waals surface area (Å²) in [5.74, 6) is 0.803. The Balaban J connectivity index is 1.86. The van der Waals surface area contributed by atoms with Crippen LogP contribution in [0.5, 0.6) is 5.75 Å². The number of unbranched alkanes of at least 4 members (excludes halogenated alkanes) is 2. The lowest BCUT2D eigenvalue weighted by Crippen LogP contribution is -2.31. The highest BCUT2D eigenvalue weighted by molar-refractivity contribution is 5.88. The van der Waals surface area contributed by atoms with E-state index in [9.17, 15) is 4.79 Å². The molecule has 4 heteroatoms. The fraction of sp³-hybridized carbons (Fsp3) is 0.407. The van der Waals surface area contributed by atoms with Crippen LogP contribution in [-0.2, 0) is 11.2 Å². The normalized spacial score (nSPS) is 12.7. The Morgan fingerprint density at radius 3 is 2.65 bits per heavy atom. The van der Waals surface area contributed by atoms with Crippen LogP contribution in [0.3, 0.4) is 0 Å². The molecule has 0 bridgehead atoms. The first-order chi connectivity index (χ1) is 15.1. The molecule has 0 spiro atoms. The van der Waals surface area contributed by atoms with Gasteiger partial charge in [0.2, 0.25) is 5.91 Å². The molecule has 1 heterocycles. The number of amides is 1. The predicted octanol–water partition coefficient (Wildman–Crippen LogP) is 6.14. The van der Waals surface area contributed by atoms with Gasteiger partial charge in [-0.05, 0) is 73.9 Å². The zero-order chi connectivity index (χ0) is 22.3. The van der Waals surface area contributed by atoms with Crippen molar-refractivity contribution in [3.63, 3.8) is 0 Å². The molecule has 1 N–H and O–H groups in total. The highest BCUT2D eigenvalue weighted by atomic mass is 16.5. The SMILES string of the molecule is CCCCC/C(=C\C=C\C(=O)N[C@@H](C)CCCc1cccnc1)c1ccc(OC)cc1. The van der Waals surface area contributed by atoms with E-state index >= 15 is 0 Å². The molecule has 2 rings (SSSR count). The molecule has 1 aromatic heterocycles. The van der Waals surface area contributed by atoms with Crippen LogP contribution in [0.25, 0.3) is 5.57 Å². The van der Waals surface area contributed by atoms with E-state index in [0.29, 0.717) is 0 Å². The average molecular weight is 421 g/mol. The van der Waals surface area contributed by atoms with Gasteiger partial charge >= 0.3 is 0 Å². The fourth-order valence-electron chi connectivity index (χ4n) is 3.47. The van der Waals surface area contributed by atoms with Crippen LogP contribution in [0.2, 0.25) is 0 Å². The van der Waals surface area contributed by atoms with Crippen LogP contribution in [0.4, 0.5) is 0 Å². The second-order valence-corrected chi connectivity index (χ2v) is 7.90. The number of hydrogen-bond acceptors (Lipinski definition) is 3. The number of nitrogens with zero attached hydrogens (tertiary/aromatic N) is 1. The molecule has 0 saturated carbocycles. The predicted molar refractivity (Wildman–Crippen MR) is 129 cm³/mol. The summed E-state index contributed by atoms with van der Waals surface area (Å²) in [5, 5.41) is 3.06. The Labute approximate surface area is 187 Å². The number of methoxy groups -OCH3 is 1. The Bertz CT molecular complexity index is 826. The summed E-state index contributed by atoms with van der Waals surface area (Å²) in [6.07, 6.45) is 16.7. The summed E-state index contributed by atoms with van der Waals surface area (Å²) in [6.45, 7) is 4.26. The molecule has 1 aromatic carbocycles. The summed E-state index contributed by atoms with van der Waals surface area (Å²) >= 11 is 0. The number of carbonyl (C=O) groups excluding carboxylic acids is 1. The number of nitrogens with one attached hydrogen (secondary N) is 1. The van der Waals surface area contributed by atoms with Gasteiger partial charge in [-0.15, -0.1) is 0 Å². The second kappa shape index (κ2) is 14.2. The first-order valence-corrected chi connectivity index (χ1v) is 11.3. The van der Waals surface area contributed by atoms with Gasteiger partial charge in [0, 0.05) is 24.5 Å². The number of benzene rings is 1. The molecule has 166 valence electrons. The zero-order valence-corrected chi connectivity index (χ0v) is 19.1. The van der Waals surface area contributed by atoms with Gasteiger partial charge in [-0.1, -0.05) is 50.1 Å². The Hall–Kier alpha value is -2.88. The molecule has 0 aliphatic heterocycles. The molecule has 1 atom stereocenters. The Kier molecular flexibility index (Phi) is 11.2. The monoisotopic (exact) mass is 420 g/mol. The molecule has 4 nitrogen and oxygen atoms in total. The number of ether oxygens (including phenoxy) is 1. The first kappa shape index (κ1) is 24.4. The molecule has 2 aromatic rings. The number of aryl methyl sites for hydroxylation is 1. The van der Waals surface area contributed by atoms with Gasteiger partial charge in [-0.3, -0.25) is 9.78 Å². The van der Waals surface area contributed by atoms with E-state index in [1.54, 1.807) is 19.4 Å². The minimum absolute atomic E-state index is 0.0484. The molecule has 0 saturated heterocycles. The van der Waals surface area contributed by atoms with E-state index in [1.807, 2.05) is 30.5 Å². The highest BCUT2D eigenvalue weighted by Gasteiger charge is 2.05. The van der Waals surface area contributed by atoms with Crippen LogP contribution >= 0.6 is 0 Å². The van der Waals surface area contributed by atoms with Crippen molar-refractivity contribution in [3.05, 3.63) is 78.1 Å². The summed E-state index contributed by atoms with van der Waals surface area (Å²) < 4.78 is 5.26. The van der Waals surface area contributed by atoms with Crippen molar-refractivity contribution in [2.75, 3.05) is 7.11 Å². The van der Waals surface area contributed by atoms with E-state index < -0.39 is 0 Å². The first-order valence-electron chi connectivity index (χ1n) is 11.3. The largest absolute Gasteiger partial charge is 0.497 e. The second-order valence-electron chi connectivity index (χ2n) is 7.90. The van der Waals surface area contributed by atoms with Gasteiger partial charge in [-0.2, -0.15) is 0 Å². The molecule has 0 unspecified atom stereocenters. The quantitative estimate of drug-likeness (QED) is 0.241. The summed E-state index contributed by atoms with van der Waals surface area (Å²) in [6, 6.07) is 12.3. The van der Waals surface area contributed by atoms with Crippen molar-refractivity contribution in [1.29, 1.82) is 0 Å². The summed E-state index contributed by atoms with van der Waals surface area (Å²) in [5.41, 5.74) is 3.65. The maximum atomic E-state index is 12.3. The molecule has 1 amide bonds. The van der Waals surface area contributed by atoms with E-state index in [1.165, 1.54) is 29.5 Å². The standard InChI is InChI=1S/C27H36N2O2/c1-4-5-6-13-24(25-16-18-26(31-3)19-17-25)14-8-15-27(30)29-22(2)10-7-11-23-12-9-20-28-21-23/h8-9,12,14-22H,4-7,10-11,13H2,1-3H3,(H,29,30)/b15-8+,24-14+/t22-/m0/s1. The third-order valence-electron chi connectivity index (χ3n) is 5.27. The lowest BCUT2D eigenvalue weighted by Gasteiger charge is -2.12. The van der Waals surface area contributed by atoms with Crippen LogP contribution in [0.1, 0.15) is 63.5 Å². The van der Waals surface area contributed by atoms with E-state index in [0.717, 1.165) is 37.9 Å². The number of pyridine rings is 1. The van der Waals surface area contributed by atoms with Crippen LogP contribution in [0.15, 0.2) is 67.0 Å². The third-order valence-corrected chi connectivity index (χ3v) is 5.27. The van der Waals surface area contributed by atoms with Gasteiger partial charge < -0.3 is 10.1 Å². The maximum Gasteiger partial charge on any atom is 0.244 e. The van der Waals surface area contributed by atoms with Crippen LogP contribution < -0.4 is 10.1 Å². The lowest BCUT2D eigenvalue weighted by atomic mass is 9.99. The molecule has 0 radical (unpaired) electrons. The van der Waals surface area contributed by atoms with Gasteiger partial charge in [0.15, 0.2) is 0 Å². The van der Waals surface area contributed by atoms with Crippen LogP contribution in [-0.4, -0.2) is 24.0 Å². The molecular weight excluding hydrogens is 384 g/mol. The van der Waals surface area contributed by atoms with Gasteiger partial charge in [0.05, 0.1) is 7.11 Å². The maximum absolute atomic E-state index is 12.3. The Morgan fingerprint density at radius 2 is 1.97 bits per heavy atom. The van der Waals surface area contributed by atoms with Crippen molar-refractivity contribution in [2.45, 2.75) is 64.8 Å². The van der Waals surface area contributed by atoms with Crippen LogP contribution in [0, 0.1) is 0 Å². The number of carbonyl (C=O) groups is 1. The van der Waals surface area contributed by atoms with Gasteiger partial charge in [0.25, 0.3) is 0 Å². The van der Waals surface area contributed by atoms with Crippen molar-refractivity contribution >= 4 is 11.5 Å². The van der Waals surface area contributed by atoms with Crippen molar-refractivity contribution in [1.82, 2.24) is 10.3 Å². The molecule has 31 heavy (non-hydrogen) atoms. The van der Waals surface area contributed by atoms with Gasteiger partial charge in [0.1, 0.15) is 5.75 Å². The molecule has 0 fully saturated rings. The molecular formula is C27H36N2O2. The third kappa shape index (κ3) is 9.65. The van der Waals surface area contributed by atoms with Crippen molar-refractivity contribution < 1.29 is 9.53 Å². The fourth-order valence-corrected chi connectivity index (χ4v) is 3.47. The highest BCUT2D eigenvalue weighted by Crippen LogP contribution is 2.23. The molecule has 0 aliphatic rings. The minimum atomic E-state index is -0.0484.